The van der Waals surface area contributed by atoms with Crippen LogP contribution in [0.25, 0.3) is 0 Å². The van der Waals surface area contributed by atoms with E-state index in [1.165, 1.54) is 18.2 Å². The molecule has 1 heterocycles. The first-order valence-electron chi connectivity index (χ1n) is 9.90. The lowest BCUT2D eigenvalue weighted by atomic mass is 10.0. The van der Waals surface area contributed by atoms with Gasteiger partial charge in [0.05, 0.1) is 11.1 Å². The fraction of sp³-hybridized carbons (Fsp3) is 0.227. The van der Waals surface area contributed by atoms with E-state index in [0.717, 1.165) is 24.3 Å². The Bertz CT molecular complexity index is 1150. The lowest BCUT2D eigenvalue weighted by Crippen LogP contribution is -2.47. The number of alkyl halides is 3. The SMILES string of the molecule is NC(=O)C(CCC=O)N1C(=O)c2cccc(CNC(=O)c3ccc(OC(F)(F)F)cc3)c2C1=O. The number of rotatable bonds is 9. The second-order valence-corrected chi connectivity index (χ2v) is 7.24. The molecule has 0 spiro atoms. The van der Waals surface area contributed by atoms with Gasteiger partial charge in [-0.05, 0) is 42.3 Å². The number of nitrogens with two attached hydrogens (primary N) is 1. The van der Waals surface area contributed by atoms with Crippen molar-refractivity contribution < 1.29 is 41.9 Å². The Labute approximate surface area is 190 Å². The van der Waals surface area contributed by atoms with Crippen molar-refractivity contribution in [1.82, 2.24) is 10.2 Å². The number of fused-ring (bicyclic) bond motifs is 1. The number of hydrogen-bond donors (Lipinski definition) is 2. The maximum atomic E-state index is 13.0. The molecule has 0 radical (unpaired) electrons. The number of imide groups is 1. The van der Waals surface area contributed by atoms with Gasteiger partial charge < -0.3 is 20.6 Å². The van der Waals surface area contributed by atoms with Crippen LogP contribution in [0.5, 0.6) is 5.75 Å². The zero-order valence-corrected chi connectivity index (χ0v) is 17.4. The molecule has 1 aliphatic rings. The summed E-state index contributed by atoms with van der Waals surface area (Å²) in [5.41, 5.74) is 5.65. The molecule has 3 N–H and O–H groups in total. The summed E-state index contributed by atoms with van der Waals surface area (Å²) < 4.78 is 40.5. The van der Waals surface area contributed by atoms with Gasteiger partial charge >= 0.3 is 6.36 Å². The molecule has 0 aliphatic carbocycles. The molecular weight excluding hydrogens is 459 g/mol. The molecule has 1 aliphatic heterocycles. The van der Waals surface area contributed by atoms with Crippen molar-refractivity contribution in [3.63, 3.8) is 0 Å². The van der Waals surface area contributed by atoms with Crippen LogP contribution < -0.4 is 15.8 Å². The first-order chi connectivity index (χ1) is 16.0. The Morgan fingerprint density at radius 3 is 2.35 bits per heavy atom. The smallest absolute Gasteiger partial charge is 0.406 e. The molecule has 9 nitrogen and oxygen atoms in total. The van der Waals surface area contributed by atoms with Gasteiger partial charge in [-0.15, -0.1) is 13.2 Å². The number of halogens is 3. The minimum absolute atomic E-state index is 0.0147. The highest BCUT2D eigenvalue weighted by Crippen LogP contribution is 2.29. The number of carbonyl (C=O) groups is 5. The van der Waals surface area contributed by atoms with Gasteiger partial charge in [0.1, 0.15) is 18.1 Å². The Morgan fingerprint density at radius 2 is 1.76 bits per heavy atom. The summed E-state index contributed by atoms with van der Waals surface area (Å²) in [6.07, 6.45) is -4.53. The first kappa shape index (κ1) is 24.4. The highest BCUT2D eigenvalue weighted by Gasteiger charge is 2.43. The molecule has 2 aromatic carbocycles. The molecule has 1 atom stereocenters. The van der Waals surface area contributed by atoms with Crippen LogP contribution in [0.1, 0.15) is 49.5 Å². The van der Waals surface area contributed by atoms with Crippen molar-refractivity contribution in [2.45, 2.75) is 31.8 Å². The summed E-state index contributed by atoms with van der Waals surface area (Å²) in [6.45, 7) is -0.189. The van der Waals surface area contributed by atoms with Gasteiger partial charge in [-0.1, -0.05) is 12.1 Å². The number of primary amides is 1. The third-order valence-corrected chi connectivity index (χ3v) is 5.02. The second-order valence-electron chi connectivity index (χ2n) is 7.24. The molecule has 2 aromatic rings. The summed E-state index contributed by atoms with van der Waals surface area (Å²) in [5.74, 6) is -3.61. The normalized spacial score (nSPS) is 13.9. The number of nitrogens with one attached hydrogen (secondary N) is 1. The molecule has 0 aromatic heterocycles. The van der Waals surface area contributed by atoms with Crippen LogP contribution in [0, 0.1) is 0 Å². The minimum atomic E-state index is -4.87. The van der Waals surface area contributed by atoms with E-state index in [1.807, 2.05) is 0 Å². The predicted molar refractivity (Wildman–Crippen MR) is 110 cm³/mol. The predicted octanol–water partition coefficient (Wildman–Crippen LogP) is 1.94. The average molecular weight is 477 g/mol. The summed E-state index contributed by atoms with van der Waals surface area (Å²) in [7, 11) is 0. The van der Waals surface area contributed by atoms with Gasteiger partial charge in [-0.25, -0.2) is 0 Å². The second kappa shape index (κ2) is 9.73. The summed E-state index contributed by atoms with van der Waals surface area (Å²) in [4.78, 5) is 61.4. The van der Waals surface area contributed by atoms with Crippen molar-refractivity contribution in [1.29, 1.82) is 0 Å². The van der Waals surface area contributed by atoms with Crippen molar-refractivity contribution in [2.75, 3.05) is 0 Å². The third kappa shape index (κ3) is 5.22. The standard InChI is InChI=1S/C22H18F3N3O6/c23-22(24,25)34-14-8-6-12(7-9-14)19(31)27-11-13-3-1-4-15-17(13)21(33)28(20(15)32)16(18(26)30)5-2-10-29/h1,3-4,6-10,16H,2,5,11H2,(H2,26,30)(H,27,31). The van der Waals surface area contributed by atoms with Crippen LogP contribution in [0.3, 0.4) is 0 Å². The van der Waals surface area contributed by atoms with E-state index in [4.69, 9.17) is 5.73 Å². The third-order valence-electron chi connectivity index (χ3n) is 5.02. The number of nitrogens with zero attached hydrogens (tertiary/aromatic N) is 1. The highest BCUT2D eigenvalue weighted by atomic mass is 19.4. The maximum absolute atomic E-state index is 13.0. The van der Waals surface area contributed by atoms with E-state index in [-0.39, 0.29) is 41.6 Å². The molecule has 1 unspecified atom stereocenters. The monoisotopic (exact) mass is 477 g/mol. The summed E-state index contributed by atoms with van der Waals surface area (Å²) in [6, 6.07) is 7.29. The topological polar surface area (TPSA) is 136 Å². The lowest BCUT2D eigenvalue weighted by molar-refractivity contribution is -0.274. The van der Waals surface area contributed by atoms with Crippen LogP contribution in [0.2, 0.25) is 0 Å². The Hall–Kier alpha value is -4.22. The molecule has 34 heavy (non-hydrogen) atoms. The van der Waals surface area contributed by atoms with Gasteiger partial charge in [0.25, 0.3) is 17.7 Å². The molecule has 178 valence electrons. The number of hydrogen-bond acceptors (Lipinski definition) is 6. The summed E-state index contributed by atoms with van der Waals surface area (Å²) in [5, 5.41) is 2.53. The van der Waals surface area contributed by atoms with E-state index >= 15 is 0 Å². The van der Waals surface area contributed by atoms with E-state index in [2.05, 4.69) is 10.1 Å². The largest absolute Gasteiger partial charge is 0.573 e. The van der Waals surface area contributed by atoms with Crippen molar-refractivity contribution >= 4 is 29.9 Å². The van der Waals surface area contributed by atoms with Crippen molar-refractivity contribution in [3.8, 4) is 5.75 Å². The fourth-order valence-electron chi connectivity index (χ4n) is 3.51. The van der Waals surface area contributed by atoms with E-state index < -0.39 is 41.8 Å². The highest BCUT2D eigenvalue weighted by molar-refractivity contribution is 6.23. The van der Waals surface area contributed by atoms with Gasteiger partial charge in [0, 0.05) is 18.5 Å². The maximum Gasteiger partial charge on any atom is 0.573 e. The van der Waals surface area contributed by atoms with Crippen LogP contribution in [0.15, 0.2) is 42.5 Å². The summed E-state index contributed by atoms with van der Waals surface area (Å²) >= 11 is 0. The Kier molecular flexibility index (Phi) is 6.99. The quantitative estimate of drug-likeness (QED) is 0.419. The van der Waals surface area contributed by atoms with Gasteiger partial charge in [0.15, 0.2) is 0 Å². The Morgan fingerprint density at radius 1 is 1.09 bits per heavy atom. The number of ether oxygens (including phenoxy) is 1. The molecule has 4 amide bonds. The molecule has 0 fully saturated rings. The van der Waals surface area contributed by atoms with E-state index in [0.29, 0.717) is 11.2 Å². The zero-order chi connectivity index (χ0) is 25.0. The van der Waals surface area contributed by atoms with Crippen LogP contribution in [-0.4, -0.2) is 47.2 Å². The molecule has 12 heteroatoms. The molecule has 3 rings (SSSR count). The van der Waals surface area contributed by atoms with Gasteiger partial charge in [-0.2, -0.15) is 0 Å². The van der Waals surface area contributed by atoms with Crippen molar-refractivity contribution in [2.24, 2.45) is 5.73 Å². The molecular formula is C22H18F3N3O6. The van der Waals surface area contributed by atoms with E-state index in [9.17, 15) is 37.1 Å². The number of benzene rings is 2. The number of aldehydes is 1. The van der Waals surface area contributed by atoms with Crippen LogP contribution in [-0.2, 0) is 16.1 Å². The molecule has 0 saturated carbocycles. The van der Waals surface area contributed by atoms with Crippen molar-refractivity contribution in [3.05, 3.63) is 64.7 Å². The van der Waals surface area contributed by atoms with E-state index in [1.54, 1.807) is 0 Å². The van der Waals surface area contributed by atoms with Gasteiger partial charge in [0.2, 0.25) is 5.91 Å². The fourth-order valence-corrected chi connectivity index (χ4v) is 3.51. The minimum Gasteiger partial charge on any atom is -0.406 e. The zero-order valence-electron chi connectivity index (χ0n) is 17.4. The van der Waals surface area contributed by atoms with Crippen LogP contribution in [0.4, 0.5) is 13.2 Å². The van der Waals surface area contributed by atoms with Gasteiger partial charge in [-0.3, -0.25) is 24.1 Å². The first-order valence-corrected chi connectivity index (χ1v) is 9.90. The van der Waals surface area contributed by atoms with Crippen LogP contribution >= 0.6 is 0 Å². The number of amides is 4. The number of carbonyl (C=O) groups excluding carboxylic acids is 5. The average Bonchev–Trinajstić information content (AvgIpc) is 3.02. The lowest BCUT2D eigenvalue weighted by Gasteiger charge is -2.22. The molecule has 0 bridgehead atoms. The Balaban J connectivity index is 1.76. The molecule has 0 saturated heterocycles.